The van der Waals surface area contributed by atoms with E-state index in [1.54, 1.807) is 0 Å². The van der Waals surface area contributed by atoms with E-state index in [1.165, 1.54) is 32.4 Å². The Bertz CT molecular complexity index is 269. The minimum atomic E-state index is 0.0539. The molecule has 0 radical (unpaired) electrons. The first-order valence-electron chi connectivity index (χ1n) is 7.83. The first-order chi connectivity index (χ1) is 8.82. The molecule has 1 rings (SSSR count). The van der Waals surface area contributed by atoms with Gasteiger partial charge >= 0.3 is 0 Å². The molecule has 1 fully saturated rings. The Morgan fingerprint density at radius 2 is 2.11 bits per heavy atom. The molecule has 1 aliphatic rings. The van der Waals surface area contributed by atoms with Gasteiger partial charge in [0.25, 0.3) is 0 Å². The maximum Gasteiger partial charge on any atom is 0.0777 e. The lowest BCUT2D eigenvalue weighted by Gasteiger charge is -2.43. The molecule has 1 N–H and O–H groups in total. The Hall–Kier alpha value is -0.120. The van der Waals surface area contributed by atoms with Crippen LogP contribution in [0.15, 0.2) is 0 Å². The van der Waals surface area contributed by atoms with E-state index in [9.17, 15) is 0 Å². The van der Waals surface area contributed by atoms with Gasteiger partial charge in [-0.25, -0.2) is 0 Å². The zero-order chi connectivity index (χ0) is 14.5. The first-order valence-corrected chi connectivity index (χ1v) is 7.83. The van der Waals surface area contributed by atoms with Gasteiger partial charge in [-0.1, -0.05) is 27.7 Å². The van der Waals surface area contributed by atoms with Crippen molar-refractivity contribution in [2.75, 3.05) is 33.3 Å². The summed E-state index contributed by atoms with van der Waals surface area (Å²) in [5.74, 6) is 0. The number of methoxy groups -OCH3 is 1. The third-order valence-electron chi connectivity index (χ3n) is 4.63. The van der Waals surface area contributed by atoms with Gasteiger partial charge in [-0.15, -0.1) is 0 Å². The highest BCUT2D eigenvalue weighted by Crippen LogP contribution is 2.28. The fourth-order valence-corrected chi connectivity index (χ4v) is 2.89. The van der Waals surface area contributed by atoms with Crippen LogP contribution in [0.4, 0.5) is 0 Å². The summed E-state index contributed by atoms with van der Waals surface area (Å²) in [4.78, 5) is 2.60. The van der Waals surface area contributed by atoms with Crippen LogP contribution in [0.3, 0.4) is 0 Å². The molecule has 114 valence electrons. The van der Waals surface area contributed by atoms with Crippen molar-refractivity contribution in [2.24, 2.45) is 5.41 Å². The van der Waals surface area contributed by atoms with Crippen LogP contribution in [0.1, 0.15) is 53.9 Å². The summed E-state index contributed by atoms with van der Waals surface area (Å²) in [6.45, 7) is 16.0. The normalized spacial score (nSPS) is 28.6. The highest BCUT2D eigenvalue weighted by Gasteiger charge is 2.34. The minimum Gasteiger partial charge on any atom is -0.377 e. The molecule has 3 nitrogen and oxygen atoms in total. The van der Waals surface area contributed by atoms with E-state index in [-0.39, 0.29) is 5.60 Å². The van der Waals surface area contributed by atoms with Crippen LogP contribution in [0, 0.1) is 5.41 Å². The van der Waals surface area contributed by atoms with Gasteiger partial charge in [0.05, 0.1) is 5.60 Å². The van der Waals surface area contributed by atoms with Gasteiger partial charge < -0.3 is 10.1 Å². The molecule has 0 amide bonds. The second-order valence-corrected chi connectivity index (χ2v) is 7.17. The van der Waals surface area contributed by atoms with Crippen molar-refractivity contribution in [3.8, 4) is 0 Å². The van der Waals surface area contributed by atoms with E-state index in [2.05, 4.69) is 44.8 Å². The SMILES string of the molecule is CCC(C)(CNC(C)C)CN1CCCC(C)(OC)C1. The van der Waals surface area contributed by atoms with Gasteiger partial charge in [0, 0.05) is 32.8 Å². The van der Waals surface area contributed by atoms with Crippen molar-refractivity contribution in [1.82, 2.24) is 10.2 Å². The molecule has 1 heterocycles. The van der Waals surface area contributed by atoms with Crippen molar-refractivity contribution >= 4 is 0 Å². The molecule has 2 atom stereocenters. The van der Waals surface area contributed by atoms with Crippen LogP contribution in [-0.2, 0) is 4.74 Å². The summed E-state index contributed by atoms with van der Waals surface area (Å²) in [6, 6.07) is 0.566. The molecule has 0 aromatic heterocycles. The van der Waals surface area contributed by atoms with E-state index < -0.39 is 0 Å². The van der Waals surface area contributed by atoms with Crippen molar-refractivity contribution in [3.05, 3.63) is 0 Å². The summed E-state index contributed by atoms with van der Waals surface area (Å²) in [7, 11) is 1.85. The predicted molar refractivity (Wildman–Crippen MR) is 82.6 cm³/mol. The van der Waals surface area contributed by atoms with Crippen LogP contribution in [0.25, 0.3) is 0 Å². The zero-order valence-corrected chi connectivity index (χ0v) is 13.9. The average molecular weight is 270 g/mol. The summed E-state index contributed by atoms with van der Waals surface area (Å²) in [6.07, 6.45) is 3.65. The average Bonchev–Trinajstić information content (AvgIpc) is 2.37. The summed E-state index contributed by atoms with van der Waals surface area (Å²) < 4.78 is 5.70. The number of ether oxygens (including phenoxy) is 1. The Balaban J connectivity index is 2.54. The summed E-state index contributed by atoms with van der Waals surface area (Å²) in [5.41, 5.74) is 0.411. The molecule has 2 unspecified atom stereocenters. The highest BCUT2D eigenvalue weighted by atomic mass is 16.5. The predicted octanol–water partition coefficient (Wildman–Crippen LogP) is 2.90. The summed E-state index contributed by atoms with van der Waals surface area (Å²) >= 11 is 0. The molecule has 0 aromatic carbocycles. The zero-order valence-electron chi connectivity index (χ0n) is 13.9. The Morgan fingerprint density at radius 1 is 1.42 bits per heavy atom. The van der Waals surface area contributed by atoms with Crippen LogP contribution >= 0.6 is 0 Å². The molecule has 3 heteroatoms. The molecule has 0 aromatic rings. The van der Waals surface area contributed by atoms with Crippen LogP contribution in [0.5, 0.6) is 0 Å². The van der Waals surface area contributed by atoms with E-state index in [0.717, 1.165) is 13.1 Å². The molecular weight excluding hydrogens is 236 g/mol. The molecule has 1 aliphatic heterocycles. The van der Waals surface area contributed by atoms with Gasteiger partial charge in [-0.05, 0) is 38.1 Å². The lowest BCUT2D eigenvalue weighted by atomic mass is 9.84. The number of likely N-dealkylation sites (tertiary alicyclic amines) is 1. The number of nitrogens with zero attached hydrogens (tertiary/aromatic N) is 1. The lowest BCUT2D eigenvalue weighted by molar-refractivity contribution is -0.0586. The lowest BCUT2D eigenvalue weighted by Crippen LogP contribution is -2.52. The maximum atomic E-state index is 5.70. The van der Waals surface area contributed by atoms with Gasteiger partial charge in [0.1, 0.15) is 0 Å². The van der Waals surface area contributed by atoms with Gasteiger partial charge in [0.15, 0.2) is 0 Å². The van der Waals surface area contributed by atoms with E-state index in [1.807, 2.05) is 7.11 Å². The second-order valence-electron chi connectivity index (χ2n) is 7.17. The Labute approximate surface area is 120 Å². The number of piperidine rings is 1. The molecule has 19 heavy (non-hydrogen) atoms. The molecule has 0 saturated carbocycles. The molecule has 0 bridgehead atoms. The van der Waals surface area contributed by atoms with Gasteiger partial charge in [-0.3, -0.25) is 4.90 Å². The van der Waals surface area contributed by atoms with Crippen molar-refractivity contribution in [2.45, 2.75) is 65.5 Å². The smallest absolute Gasteiger partial charge is 0.0777 e. The van der Waals surface area contributed by atoms with Gasteiger partial charge in [-0.2, -0.15) is 0 Å². The van der Waals surface area contributed by atoms with Crippen LogP contribution < -0.4 is 5.32 Å². The quantitative estimate of drug-likeness (QED) is 0.770. The molecule has 0 aliphatic carbocycles. The summed E-state index contributed by atoms with van der Waals surface area (Å²) in [5, 5.41) is 3.60. The second kappa shape index (κ2) is 7.05. The van der Waals surface area contributed by atoms with E-state index in [0.29, 0.717) is 11.5 Å². The first kappa shape index (κ1) is 16.9. The third kappa shape index (κ3) is 5.41. The number of hydrogen-bond acceptors (Lipinski definition) is 3. The highest BCUT2D eigenvalue weighted by molar-refractivity contribution is 4.88. The third-order valence-corrected chi connectivity index (χ3v) is 4.63. The fourth-order valence-electron chi connectivity index (χ4n) is 2.89. The largest absolute Gasteiger partial charge is 0.377 e. The van der Waals surface area contributed by atoms with Gasteiger partial charge in [0.2, 0.25) is 0 Å². The number of rotatable bonds is 7. The van der Waals surface area contributed by atoms with Crippen molar-refractivity contribution < 1.29 is 4.74 Å². The van der Waals surface area contributed by atoms with Crippen LogP contribution in [-0.4, -0.2) is 49.8 Å². The maximum absolute atomic E-state index is 5.70. The monoisotopic (exact) mass is 270 g/mol. The van der Waals surface area contributed by atoms with E-state index in [4.69, 9.17) is 4.74 Å². The van der Waals surface area contributed by atoms with Crippen molar-refractivity contribution in [1.29, 1.82) is 0 Å². The Morgan fingerprint density at radius 3 is 2.63 bits per heavy atom. The molecule has 0 spiro atoms. The van der Waals surface area contributed by atoms with Crippen molar-refractivity contribution in [3.63, 3.8) is 0 Å². The minimum absolute atomic E-state index is 0.0539. The number of hydrogen-bond donors (Lipinski definition) is 1. The fraction of sp³-hybridized carbons (Fsp3) is 1.00. The Kier molecular flexibility index (Phi) is 6.28. The number of nitrogens with one attached hydrogen (secondary N) is 1. The van der Waals surface area contributed by atoms with E-state index >= 15 is 0 Å². The molecule has 1 saturated heterocycles. The molecular formula is C16H34N2O. The van der Waals surface area contributed by atoms with Crippen LogP contribution in [0.2, 0.25) is 0 Å². The topological polar surface area (TPSA) is 24.5 Å². The standard InChI is InChI=1S/C16H34N2O/c1-7-15(4,11-17-14(2)3)12-18-10-8-9-16(5,13-18)19-6/h14,17H,7-13H2,1-6H3.